The van der Waals surface area contributed by atoms with E-state index in [4.69, 9.17) is 0 Å². The summed E-state index contributed by atoms with van der Waals surface area (Å²) in [7, 11) is 1.72. The van der Waals surface area contributed by atoms with E-state index in [0.29, 0.717) is 12.2 Å². The van der Waals surface area contributed by atoms with Crippen molar-refractivity contribution in [3.63, 3.8) is 0 Å². The Morgan fingerprint density at radius 1 is 1.43 bits per heavy atom. The lowest BCUT2D eigenvalue weighted by atomic mass is 10.1. The molecule has 0 aliphatic carbocycles. The molecule has 0 amide bonds. The van der Waals surface area contributed by atoms with Crippen molar-refractivity contribution < 1.29 is 14.8 Å². The van der Waals surface area contributed by atoms with E-state index in [1.165, 1.54) is 12.1 Å². The Labute approximate surface area is 120 Å². The summed E-state index contributed by atoms with van der Waals surface area (Å²) < 4.78 is 0. The molecule has 0 radical (unpaired) electrons. The second-order valence-corrected chi connectivity index (χ2v) is 4.48. The number of nitro groups is 1. The van der Waals surface area contributed by atoms with Crippen LogP contribution in [0.25, 0.3) is 0 Å². The van der Waals surface area contributed by atoms with Crippen molar-refractivity contribution in [2.24, 2.45) is 0 Å². The van der Waals surface area contributed by atoms with Crippen molar-refractivity contribution in [2.45, 2.75) is 6.54 Å². The van der Waals surface area contributed by atoms with Crippen molar-refractivity contribution in [1.82, 2.24) is 4.98 Å². The maximum Gasteiger partial charge on any atom is 0.338 e. The fourth-order valence-electron chi connectivity index (χ4n) is 1.99. The molecule has 2 aromatic rings. The number of hydrogen-bond donors (Lipinski definition) is 1. The number of pyridine rings is 1. The van der Waals surface area contributed by atoms with Gasteiger partial charge in [-0.2, -0.15) is 0 Å². The van der Waals surface area contributed by atoms with E-state index in [1.54, 1.807) is 30.4 Å². The highest BCUT2D eigenvalue weighted by atomic mass is 16.6. The van der Waals surface area contributed by atoms with Crippen LogP contribution in [0.15, 0.2) is 42.7 Å². The van der Waals surface area contributed by atoms with Crippen LogP contribution < -0.4 is 4.90 Å². The van der Waals surface area contributed by atoms with Crippen molar-refractivity contribution in [3.05, 3.63) is 64.0 Å². The Kier molecular flexibility index (Phi) is 4.13. The molecule has 0 spiro atoms. The number of anilines is 1. The SMILES string of the molecule is CN(Cc1cccnc1)c1ccc([N+](=O)[O-])cc1C(=O)O. The summed E-state index contributed by atoms with van der Waals surface area (Å²) in [4.78, 5) is 27.1. The lowest BCUT2D eigenvalue weighted by molar-refractivity contribution is -0.384. The van der Waals surface area contributed by atoms with Gasteiger partial charge in [-0.3, -0.25) is 15.1 Å². The third-order valence-corrected chi connectivity index (χ3v) is 2.98. The average molecular weight is 287 g/mol. The van der Waals surface area contributed by atoms with Gasteiger partial charge < -0.3 is 10.0 Å². The topological polar surface area (TPSA) is 96.6 Å². The molecule has 7 nitrogen and oxygen atoms in total. The zero-order valence-electron chi connectivity index (χ0n) is 11.3. The molecule has 0 saturated carbocycles. The number of aromatic carboxylic acids is 1. The normalized spacial score (nSPS) is 10.1. The molecular formula is C14H13N3O4. The minimum Gasteiger partial charge on any atom is -0.478 e. The number of benzene rings is 1. The maximum absolute atomic E-state index is 11.3. The first-order valence-electron chi connectivity index (χ1n) is 6.11. The Morgan fingerprint density at radius 3 is 2.76 bits per heavy atom. The minimum absolute atomic E-state index is 0.101. The fourth-order valence-corrected chi connectivity index (χ4v) is 1.99. The molecule has 1 aromatic heterocycles. The number of nitrogens with zero attached hydrogens (tertiary/aromatic N) is 3. The van der Waals surface area contributed by atoms with Gasteiger partial charge >= 0.3 is 5.97 Å². The van der Waals surface area contributed by atoms with Gasteiger partial charge in [0.1, 0.15) is 0 Å². The zero-order chi connectivity index (χ0) is 15.4. The minimum atomic E-state index is -1.20. The number of carbonyl (C=O) groups is 1. The molecule has 7 heteroatoms. The Morgan fingerprint density at radius 2 is 2.19 bits per heavy atom. The Balaban J connectivity index is 2.34. The largest absolute Gasteiger partial charge is 0.478 e. The maximum atomic E-state index is 11.3. The van der Waals surface area contributed by atoms with Crippen molar-refractivity contribution >= 4 is 17.3 Å². The highest BCUT2D eigenvalue weighted by Gasteiger charge is 2.18. The first-order valence-corrected chi connectivity index (χ1v) is 6.11. The van der Waals surface area contributed by atoms with Crippen LogP contribution in [0, 0.1) is 10.1 Å². The molecule has 0 atom stereocenters. The molecule has 21 heavy (non-hydrogen) atoms. The van der Waals surface area contributed by atoms with E-state index >= 15 is 0 Å². The number of aromatic nitrogens is 1. The van der Waals surface area contributed by atoms with Crippen LogP contribution in [0.3, 0.4) is 0 Å². The molecule has 1 aromatic carbocycles. The van der Waals surface area contributed by atoms with Gasteiger partial charge in [-0.05, 0) is 17.7 Å². The van der Waals surface area contributed by atoms with Gasteiger partial charge in [0.05, 0.1) is 16.2 Å². The van der Waals surface area contributed by atoms with Gasteiger partial charge in [0, 0.05) is 38.1 Å². The number of carboxylic acid groups (broad SMARTS) is 1. The first kappa shape index (κ1) is 14.4. The third kappa shape index (κ3) is 3.33. The quantitative estimate of drug-likeness (QED) is 0.669. The van der Waals surface area contributed by atoms with Gasteiger partial charge in [0.25, 0.3) is 5.69 Å². The summed E-state index contributed by atoms with van der Waals surface area (Å²) in [6.45, 7) is 0.450. The van der Waals surface area contributed by atoms with E-state index in [-0.39, 0.29) is 11.3 Å². The highest BCUT2D eigenvalue weighted by molar-refractivity contribution is 5.95. The molecule has 0 aliphatic rings. The van der Waals surface area contributed by atoms with E-state index in [9.17, 15) is 20.0 Å². The molecule has 0 unspecified atom stereocenters. The van der Waals surface area contributed by atoms with Crippen LogP contribution in [-0.2, 0) is 6.54 Å². The van der Waals surface area contributed by atoms with Crippen LogP contribution in [0.4, 0.5) is 11.4 Å². The predicted molar refractivity (Wildman–Crippen MR) is 76.4 cm³/mol. The molecule has 108 valence electrons. The highest BCUT2D eigenvalue weighted by Crippen LogP contribution is 2.25. The van der Waals surface area contributed by atoms with E-state index in [1.807, 2.05) is 6.07 Å². The smallest absolute Gasteiger partial charge is 0.338 e. The molecule has 0 bridgehead atoms. The van der Waals surface area contributed by atoms with Gasteiger partial charge in [-0.15, -0.1) is 0 Å². The second kappa shape index (κ2) is 6.00. The van der Waals surface area contributed by atoms with Crippen molar-refractivity contribution in [1.29, 1.82) is 0 Å². The Hall–Kier alpha value is -2.96. The zero-order valence-corrected chi connectivity index (χ0v) is 11.3. The third-order valence-electron chi connectivity index (χ3n) is 2.98. The van der Waals surface area contributed by atoms with E-state index < -0.39 is 10.9 Å². The standard InChI is InChI=1S/C14H13N3O4/c1-16(9-10-3-2-6-15-8-10)13-5-4-11(17(20)21)7-12(13)14(18)19/h2-8H,9H2,1H3,(H,18,19). The van der Waals surface area contributed by atoms with Crippen LogP contribution in [0.2, 0.25) is 0 Å². The van der Waals surface area contributed by atoms with E-state index in [0.717, 1.165) is 11.6 Å². The van der Waals surface area contributed by atoms with Gasteiger partial charge in [-0.1, -0.05) is 6.07 Å². The summed E-state index contributed by atoms with van der Waals surface area (Å²) in [5.41, 5.74) is 0.980. The molecule has 0 saturated heterocycles. The van der Waals surface area contributed by atoms with Crippen LogP contribution >= 0.6 is 0 Å². The van der Waals surface area contributed by atoms with Crippen molar-refractivity contribution in [2.75, 3.05) is 11.9 Å². The molecular weight excluding hydrogens is 274 g/mol. The van der Waals surface area contributed by atoms with Crippen LogP contribution in [0.5, 0.6) is 0 Å². The monoisotopic (exact) mass is 287 g/mol. The van der Waals surface area contributed by atoms with Gasteiger partial charge in [0.15, 0.2) is 0 Å². The number of hydrogen-bond acceptors (Lipinski definition) is 5. The number of carboxylic acids is 1. The number of non-ortho nitro benzene ring substituents is 1. The molecule has 0 fully saturated rings. The fraction of sp³-hybridized carbons (Fsp3) is 0.143. The van der Waals surface area contributed by atoms with Crippen LogP contribution in [-0.4, -0.2) is 28.0 Å². The summed E-state index contributed by atoms with van der Waals surface area (Å²) in [5, 5.41) is 20.0. The van der Waals surface area contributed by atoms with Crippen LogP contribution in [0.1, 0.15) is 15.9 Å². The molecule has 1 N–H and O–H groups in total. The summed E-state index contributed by atoms with van der Waals surface area (Å²) in [6, 6.07) is 7.46. The average Bonchev–Trinajstić information content (AvgIpc) is 2.47. The number of rotatable bonds is 5. The Bertz CT molecular complexity index is 673. The van der Waals surface area contributed by atoms with Crippen molar-refractivity contribution in [3.8, 4) is 0 Å². The summed E-state index contributed by atoms with van der Waals surface area (Å²) >= 11 is 0. The lowest BCUT2D eigenvalue weighted by Crippen LogP contribution is -2.19. The first-order chi connectivity index (χ1) is 9.99. The van der Waals surface area contributed by atoms with E-state index in [2.05, 4.69) is 4.98 Å². The predicted octanol–water partition coefficient (Wildman–Crippen LogP) is 2.32. The number of nitro benzene ring substituents is 1. The molecule has 0 aliphatic heterocycles. The lowest BCUT2D eigenvalue weighted by Gasteiger charge is -2.21. The molecule has 1 heterocycles. The van der Waals surface area contributed by atoms with Gasteiger partial charge in [-0.25, -0.2) is 4.79 Å². The molecule has 2 rings (SSSR count). The van der Waals surface area contributed by atoms with Gasteiger partial charge in [0.2, 0.25) is 0 Å². The summed E-state index contributed by atoms with van der Waals surface area (Å²) in [5.74, 6) is -1.20. The summed E-state index contributed by atoms with van der Waals surface area (Å²) in [6.07, 6.45) is 3.33. The second-order valence-electron chi connectivity index (χ2n) is 4.48.